The van der Waals surface area contributed by atoms with E-state index in [1.165, 1.54) is 5.56 Å². The maximum atomic E-state index is 6.25. The number of ether oxygens (including phenoxy) is 2. The Morgan fingerprint density at radius 1 is 1.15 bits per heavy atom. The molecule has 174 valence electrons. The quantitative estimate of drug-likeness (QED) is 0.401. The number of fused-ring (bicyclic) bond motifs is 2. The second-order valence-corrected chi connectivity index (χ2v) is 10.8. The number of aromatic nitrogens is 5. The normalized spacial score (nSPS) is 30.0. The Hall–Kier alpha value is -2.23. The highest BCUT2D eigenvalue weighted by molar-refractivity contribution is 7.99. The number of thioether (sulfide) groups is 1. The average Bonchev–Trinajstić information content (AvgIpc) is 3.10. The zero-order valence-electron chi connectivity index (χ0n) is 19.3. The number of nitrogens with zero attached hydrogens (tertiary/aromatic N) is 5. The minimum atomic E-state index is -0.563. The molecule has 2 aliphatic carbocycles. The first kappa shape index (κ1) is 21.3. The largest absolute Gasteiger partial charge is 0.365 e. The highest BCUT2D eigenvalue weighted by atomic mass is 32.2. The van der Waals surface area contributed by atoms with Crippen LogP contribution in [0.1, 0.15) is 64.0 Å². The molecule has 3 heterocycles. The highest BCUT2D eigenvalue weighted by Crippen LogP contribution is 2.45. The summed E-state index contributed by atoms with van der Waals surface area (Å²) in [4.78, 5) is 9.73. The molecule has 0 radical (unpaired) electrons. The smallest absolute Gasteiger partial charge is 0.191 e. The lowest BCUT2D eigenvalue weighted by Crippen LogP contribution is -2.28. The van der Waals surface area contributed by atoms with Crippen LogP contribution in [-0.2, 0) is 9.47 Å². The number of hydrogen-bond acceptors (Lipinski definition) is 8. The van der Waals surface area contributed by atoms with Crippen LogP contribution in [0.4, 0.5) is 5.82 Å². The monoisotopic (exact) mass is 466 g/mol. The van der Waals surface area contributed by atoms with Crippen molar-refractivity contribution in [1.82, 2.24) is 25.0 Å². The van der Waals surface area contributed by atoms with Crippen molar-refractivity contribution in [1.29, 1.82) is 0 Å². The van der Waals surface area contributed by atoms with Gasteiger partial charge < -0.3 is 14.8 Å². The van der Waals surface area contributed by atoms with E-state index in [0.29, 0.717) is 12.0 Å². The molecule has 3 aromatic rings. The summed E-state index contributed by atoms with van der Waals surface area (Å²) >= 11 is 1.68. The lowest BCUT2D eigenvalue weighted by atomic mass is 10.1. The van der Waals surface area contributed by atoms with E-state index in [9.17, 15) is 0 Å². The van der Waals surface area contributed by atoms with E-state index in [0.717, 1.165) is 53.6 Å². The van der Waals surface area contributed by atoms with Crippen molar-refractivity contribution >= 4 is 28.7 Å². The average molecular weight is 467 g/mol. The maximum absolute atomic E-state index is 6.25. The van der Waals surface area contributed by atoms with Gasteiger partial charge in [0.25, 0.3) is 0 Å². The Kier molecular flexibility index (Phi) is 5.31. The summed E-state index contributed by atoms with van der Waals surface area (Å²) in [6, 6.07) is 11.1. The Bertz CT molecular complexity index is 1150. The van der Waals surface area contributed by atoms with Crippen LogP contribution in [0.5, 0.6) is 0 Å². The topological polar surface area (TPSA) is 87.0 Å². The molecule has 2 saturated carbocycles. The van der Waals surface area contributed by atoms with Gasteiger partial charge in [0.05, 0.1) is 12.1 Å². The number of rotatable bonds is 7. The van der Waals surface area contributed by atoms with E-state index < -0.39 is 5.79 Å². The molecule has 1 aromatic carbocycles. The predicted molar refractivity (Wildman–Crippen MR) is 127 cm³/mol. The van der Waals surface area contributed by atoms with Crippen molar-refractivity contribution in [2.45, 2.75) is 87.6 Å². The van der Waals surface area contributed by atoms with Crippen LogP contribution in [0.2, 0.25) is 0 Å². The van der Waals surface area contributed by atoms with Gasteiger partial charge in [-0.1, -0.05) is 54.2 Å². The molecule has 0 amide bonds. The standard InChI is InChI=1S/C24H30N6O2S/c1-4-12-33-23-26-21(25-16-13-15(16)14-8-6-5-7-9-14)19-22(27-23)30(29-28-19)17-10-11-18-20(17)32-24(2,3)31-18/h5-9,15-18,20H,4,10-13H2,1-3H3,(H,25,26,27). The third kappa shape index (κ3) is 4.00. The van der Waals surface area contributed by atoms with E-state index in [4.69, 9.17) is 19.4 Å². The number of nitrogens with one attached hydrogen (secondary N) is 1. The van der Waals surface area contributed by atoms with Gasteiger partial charge in [0.15, 0.2) is 27.9 Å². The fraction of sp³-hybridized carbons (Fsp3) is 0.583. The maximum Gasteiger partial charge on any atom is 0.191 e. The molecule has 3 fully saturated rings. The molecule has 0 spiro atoms. The summed E-state index contributed by atoms with van der Waals surface area (Å²) in [7, 11) is 0. The lowest BCUT2D eigenvalue weighted by molar-refractivity contribution is -0.155. The molecular formula is C24H30N6O2S. The first-order valence-corrected chi connectivity index (χ1v) is 12.9. The van der Waals surface area contributed by atoms with Crippen LogP contribution in [0, 0.1) is 0 Å². The lowest BCUT2D eigenvalue weighted by Gasteiger charge is -2.21. The summed E-state index contributed by atoms with van der Waals surface area (Å²) in [5.74, 6) is 1.70. The summed E-state index contributed by atoms with van der Waals surface area (Å²) in [5.41, 5.74) is 2.88. The van der Waals surface area contributed by atoms with E-state index in [1.54, 1.807) is 11.8 Å². The van der Waals surface area contributed by atoms with Crippen LogP contribution in [0.25, 0.3) is 11.2 Å². The zero-order valence-corrected chi connectivity index (χ0v) is 20.1. The number of anilines is 1. The first-order valence-electron chi connectivity index (χ1n) is 12.0. The first-order chi connectivity index (χ1) is 16.0. The van der Waals surface area contributed by atoms with Crippen LogP contribution < -0.4 is 5.32 Å². The Labute approximate surface area is 197 Å². The van der Waals surface area contributed by atoms with Gasteiger partial charge in [-0.05, 0) is 45.1 Å². The van der Waals surface area contributed by atoms with Crippen molar-refractivity contribution in [3.63, 3.8) is 0 Å². The zero-order chi connectivity index (χ0) is 22.6. The van der Waals surface area contributed by atoms with Crippen molar-refractivity contribution in [3.05, 3.63) is 35.9 Å². The number of hydrogen-bond donors (Lipinski definition) is 1. The molecule has 5 atom stereocenters. The third-order valence-electron chi connectivity index (χ3n) is 6.74. The summed E-state index contributed by atoms with van der Waals surface area (Å²) in [5, 5.41) is 13.5. The van der Waals surface area contributed by atoms with Crippen LogP contribution in [-0.4, -0.2) is 54.8 Å². The minimum absolute atomic E-state index is 0.0334. The van der Waals surface area contributed by atoms with Gasteiger partial charge >= 0.3 is 0 Å². The molecule has 1 N–H and O–H groups in total. The SMILES string of the molecule is CCCSc1nc(NC2CC2c2ccccc2)c2nnn(C3CCC4OC(C)(C)OC43)c2n1. The van der Waals surface area contributed by atoms with Gasteiger partial charge in [-0.25, -0.2) is 14.6 Å². The van der Waals surface area contributed by atoms with E-state index >= 15 is 0 Å². The number of benzene rings is 1. The van der Waals surface area contributed by atoms with Crippen LogP contribution in [0.3, 0.4) is 0 Å². The molecule has 8 nitrogen and oxygen atoms in total. The highest BCUT2D eigenvalue weighted by Gasteiger charge is 2.50. The van der Waals surface area contributed by atoms with Gasteiger partial charge in [-0.2, -0.15) is 0 Å². The molecule has 33 heavy (non-hydrogen) atoms. The summed E-state index contributed by atoms with van der Waals surface area (Å²) < 4.78 is 14.3. The van der Waals surface area contributed by atoms with Gasteiger partial charge in [0.1, 0.15) is 6.10 Å². The molecule has 2 aromatic heterocycles. The Morgan fingerprint density at radius 3 is 2.82 bits per heavy atom. The van der Waals surface area contributed by atoms with E-state index in [2.05, 4.69) is 52.9 Å². The van der Waals surface area contributed by atoms with Gasteiger partial charge in [-0.3, -0.25) is 0 Å². The summed E-state index contributed by atoms with van der Waals surface area (Å²) in [6.45, 7) is 6.12. The van der Waals surface area contributed by atoms with Crippen LogP contribution >= 0.6 is 11.8 Å². The minimum Gasteiger partial charge on any atom is -0.365 e. The second-order valence-electron chi connectivity index (χ2n) is 9.70. The molecule has 6 rings (SSSR count). The fourth-order valence-corrected chi connectivity index (χ4v) is 5.86. The van der Waals surface area contributed by atoms with Crippen molar-refractivity contribution in [2.75, 3.05) is 11.1 Å². The Balaban J connectivity index is 1.32. The second kappa shape index (κ2) is 8.21. The van der Waals surface area contributed by atoms with E-state index in [1.807, 2.05) is 18.5 Å². The van der Waals surface area contributed by atoms with Crippen molar-refractivity contribution in [2.24, 2.45) is 0 Å². The molecule has 1 aliphatic heterocycles. The molecule has 0 bridgehead atoms. The van der Waals surface area contributed by atoms with Gasteiger partial charge in [0, 0.05) is 17.7 Å². The molecule has 9 heteroatoms. The Morgan fingerprint density at radius 2 is 2.00 bits per heavy atom. The molecule has 5 unspecified atom stereocenters. The third-order valence-corrected chi connectivity index (χ3v) is 7.79. The van der Waals surface area contributed by atoms with Gasteiger partial charge in [0.2, 0.25) is 0 Å². The predicted octanol–water partition coefficient (Wildman–Crippen LogP) is 4.55. The van der Waals surface area contributed by atoms with E-state index in [-0.39, 0.29) is 18.2 Å². The van der Waals surface area contributed by atoms with Crippen LogP contribution in [0.15, 0.2) is 35.5 Å². The van der Waals surface area contributed by atoms with Crippen molar-refractivity contribution < 1.29 is 9.47 Å². The van der Waals surface area contributed by atoms with Gasteiger partial charge in [-0.15, -0.1) is 5.10 Å². The molecule has 1 saturated heterocycles. The summed E-state index contributed by atoms with van der Waals surface area (Å²) in [6.07, 6.45) is 4.11. The molecule has 3 aliphatic rings. The van der Waals surface area contributed by atoms with Crippen molar-refractivity contribution in [3.8, 4) is 0 Å². The molecular weight excluding hydrogens is 436 g/mol. The fourth-order valence-electron chi connectivity index (χ4n) is 5.16.